The number of Topliss-reactive ketones (excluding diaryl/α,β-unsaturated/α-hetero) is 1. The van der Waals surface area contributed by atoms with Crippen molar-refractivity contribution in [2.45, 2.75) is 20.0 Å². The Hall–Kier alpha value is -5.62. The average molecular weight is 669 g/mol. The SMILES string of the molecule is CC.COc1ccc(C(=O)C(CO)Oc2ccccc2OC)cc1OC.COc1ccc(C(=O)O)cc1OC.COc1ccccc1O. The highest BCUT2D eigenvalue weighted by atomic mass is 16.5. The van der Waals surface area contributed by atoms with Crippen LogP contribution in [0.15, 0.2) is 84.9 Å². The highest BCUT2D eigenvalue weighted by molar-refractivity contribution is 6.00. The van der Waals surface area contributed by atoms with Gasteiger partial charge in [0.15, 0.2) is 52.1 Å². The third-order valence-electron chi connectivity index (χ3n) is 6.18. The maximum atomic E-state index is 12.6. The number of ether oxygens (including phenoxy) is 7. The predicted octanol–water partition coefficient (Wildman–Crippen LogP) is 6.16. The fraction of sp³-hybridized carbons (Fsp3) is 0.278. The van der Waals surface area contributed by atoms with E-state index in [4.69, 9.17) is 43.4 Å². The van der Waals surface area contributed by atoms with Crippen LogP contribution >= 0.6 is 0 Å². The van der Waals surface area contributed by atoms with Gasteiger partial charge < -0.3 is 48.5 Å². The molecule has 4 aromatic rings. The van der Waals surface area contributed by atoms with E-state index < -0.39 is 18.7 Å². The molecule has 0 bridgehead atoms. The fourth-order valence-corrected chi connectivity index (χ4v) is 3.82. The van der Waals surface area contributed by atoms with Gasteiger partial charge in [-0.1, -0.05) is 38.1 Å². The Morgan fingerprint density at radius 1 is 0.562 bits per heavy atom. The van der Waals surface area contributed by atoms with Crippen LogP contribution in [0, 0.1) is 0 Å². The van der Waals surface area contributed by atoms with Gasteiger partial charge in [-0.05, 0) is 60.7 Å². The number of carbonyl (C=O) groups excluding carboxylic acids is 1. The van der Waals surface area contributed by atoms with Crippen LogP contribution in [-0.2, 0) is 0 Å². The quantitative estimate of drug-likeness (QED) is 0.148. The van der Waals surface area contributed by atoms with Crippen molar-refractivity contribution in [2.75, 3.05) is 49.3 Å². The van der Waals surface area contributed by atoms with E-state index in [-0.39, 0.29) is 17.1 Å². The second-order valence-corrected chi connectivity index (χ2v) is 8.92. The first-order valence-electron chi connectivity index (χ1n) is 14.6. The van der Waals surface area contributed by atoms with Crippen molar-refractivity contribution in [3.63, 3.8) is 0 Å². The highest BCUT2D eigenvalue weighted by Crippen LogP contribution is 2.31. The highest BCUT2D eigenvalue weighted by Gasteiger charge is 2.24. The van der Waals surface area contributed by atoms with Gasteiger partial charge in [0.2, 0.25) is 5.78 Å². The number of phenolic OH excluding ortho intramolecular Hbond substituents is 1. The van der Waals surface area contributed by atoms with Crippen molar-refractivity contribution in [2.24, 2.45) is 0 Å². The van der Waals surface area contributed by atoms with Crippen LogP contribution in [0.3, 0.4) is 0 Å². The molecule has 0 aromatic heterocycles. The van der Waals surface area contributed by atoms with Gasteiger partial charge in [0.05, 0.1) is 54.8 Å². The number of aliphatic hydroxyl groups is 1. The Morgan fingerprint density at radius 3 is 1.38 bits per heavy atom. The number of benzene rings is 4. The fourth-order valence-electron chi connectivity index (χ4n) is 3.82. The Balaban J connectivity index is 0.000000400. The number of rotatable bonds is 12. The van der Waals surface area contributed by atoms with Crippen molar-refractivity contribution in [3.8, 4) is 46.0 Å². The molecular formula is C36H44O12. The minimum absolute atomic E-state index is 0.178. The summed E-state index contributed by atoms with van der Waals surface area (Å²) in [4.78, 5) is 23.2. The number of hydrogen-bond donors (Lipinski definition) is 3. The number of aromatic hydroxyl groups is 1. The number of aromatic carboxylic acids is 1. The minimum Gasteiger partial charge on any atom is -0.504 e. The number of hydrogen-bond acceptors (Lipinski definition) is 11. The Kier molecular flexibility index (Phi) is 18.5. The molecule has 0 heterocycles. The number of methoxy groups -OCH3 is 6. The monoisotopic (exact) mass is 668 g/mol. The second-order valence-electron chi connectivity index (χ2n) is 8.92. The first-order chi connectivity index (χ1) is 23.2. The molecule has 0 aliphatic rings. The van der Waals surface area contributed by atoms with Gasteiger partial charge in [-0.15, -0.1) is 0 Å². The van der Waals surface area contributed by atoms with Crippen molar-refractivity contribution >= 4 is 11.8 Å². The molecule has 4 rings (SSSR count). The Bertz CT molecular complexity index is 1550. The van der Waals surface area contributed by atoms with Crippen LogP contribution in [0.4, 0.5) is 0 Å². The van der Waals surface area contributed by atoms with E-state index in [1.54, 1.807) is 72.8 Å². The van der Waals surface area contributed by atoms with Crippen molar-refractivity contribution in [1.29, 1.82) is 0 Å². The molecule has 12 heteroatoms. The lowest BCUT2D eigenvalue weighted by molar-refractivity contribution is 0.0650. The van der Waals surface area contributed by atoms with E-state index in [0.717, 1.165) is 0 Å². The van der Waals surface area contributed by atoms with E-state index in [2.05, 4.69) is 0 Å². The van der Waals surface area contributed by atoms with E-state index in [0.29, 0.717) is 45.8 Å². The molecule has 0 spiro atoms. The molecule has 0 amide bonds. The van der Waals surface area contributed by atoms with E-state index in [9.17, 15) is 14.7 Å². The predicted molar refractivity (Wildman–Crippen MR) is 181 cm³/mol. The van der Waals surface area contributed by atoms with Gasteiger partial charge >= 0.3 is 5.97 Å². The molecular weight excluding hydrogens is 624 g/mol. The first kappa shape index (κ1) is 40.4. The summed E-state index contributed by atoms with van der Waals surface area (Å²) < 4.78 is 35.9. The van der Waals surface area contributed by atoms with E-state index >= 15 is 0 Å². The summed E-state index contributed by atoms with van der Waals surface area (Å²) in [7, 11) is 8.99. The molecule has 0 saturated carbocycles. The zero-order valence-corrected chi connectivity index (χ0v) is 28.4. The van der Waals surface area contributed by atoms with Crippen LogP contribution in [0.25, 0.3) is 0 Å². The van der Waals surface area contributed by atoms with Crippen molar-refractivity contribution in [3.05, 3.63) is 96.1 Å². The third-order valence-corrected chi connectivity index (χ3v) is 6.18. The average Bonchev–Trinajstić information content (AvgIpc) is 3.14. The molecule has 1 atom stereocenters. The maximum absolute atomic E-state index is 12.6. The number of phenols is 1. The minimum atomic E-state index is -1.06. The summed E-state index contributed by atoms with van der Waals surface area (Å²) in [5.41, 5.74) is 0.527. The van der Waals surface area contributed by atoms with Gasteiger partial charge in [0.1, 0.15) is 0 Å². The van der Waals surface area contributed by atoms with Gasteiger partial charge in [-0.2, -0.15) is 0 Å². The third kappa shape index (κ3) is 12.0. The van der Waals surface area contributed by atoms with Crippen LogP contribution in [0.5, 0.6) is 46.0 Å². The van der Waals surface area contributed by atoms with Crippen LogP contribution in [0.1, 0.15) is 34.6 Å². The van der Waals surface area contributed by atoms with Crippen LogP contribution in [-0.4, -0.2) is 82.4 Å². The van der Waals surface area contributed by atoms with Crippen LogP contribution in [0.2, 0.25) is 0 Å². The molecule has 0 aliphatic heterocycles. The number of aliphatic hydroxyl groups excluding tert-OH is 1. The van der Waals surface area contributed by atoms with Gasteiger partial charge in [-0.25, -0.2) is 4.79 Å². The number of carboxylic acids is 1. The Morgan fingerprint density at radius 2 is 0.958 bits per heavy atom. The maximum Gasteiger partial charge on any atom is 0.335 e. The van der Waals surface area contributed by atoms with Crippen molar-refractivity contribution in [1.82, 2.24) is 0 Å². The molecule has 12 nitrogen and oxygen atoms in total. The molecule has 0 aliphatic carbocycles. The molecule has 48 heavy (non-hydrogen) atoms. The number of para-hydroxylation sites is 4. The summed E-state index contributed by atoms with van der Waals surface area (Å²) in [6.07, 6.45) is -1.06. The van der Waals surface area contributed by atoms with Crippen molar-refractivity contribution < 1.29 is 58.1 Å². The zero-order valence-electron chi connectivity index (χ0n) is 28.4. The molecule has 1 unspecified atom stereocenters. The second kappa shape index (κ2) is 22.0. The number of carboxylic acid groups (broad SMARTS) is 1. The molecule has 0 radical (unpaired) electrons. The molecule has 260 valence electrons. The van der Waals surface area contributed by atoms with Gasteiger partial charge in [0.25, 0.3) is 0 Å². The zero-order chi connectivity index (χ0) is 36.1. The molecule has 4 aromatic carbocycles. The van der Waals surface area contributed by atoms with Crippen LogP contribution < -0.4 is 33.2 Å². The summed E-state index contributed by atoms with van der Waals surface area (Å²) in [6.45, 7) is 3.53. The lowest BCUT2D eigenvalue weighted by Crippen LogP contribution is -2.31. The van der Waals surface area contributed by atoms with Gasteiger partial charge in [-0.3, -0.25) is 4.79 Å². The van der Waals surface area contributed by atoms with Gasteiger partial charge in [0, 0.05) is 5.56 Å². The summed E-state index contributed by atoms with van der Waals surface area (Å²) >= 11 is 0. The molecule has 0 fully saturated rings. The largest absolute Gasteiger partial charge is 0.504 e. The lowest BCUT2D eigenvalue weighted by atomic mass is 10.1. The summed E-state index contributed by atoms with van der Waals surface area (Å²) in [5.74, 6) is 2.08. The Labute approximate surface area is 281 Å². The standard InChI is InChI=1S/C18H20O6.C9H10O4.C7H8O2.C2H6/c1-21-13-6-4-5-7-15(13)24-17(11-19)18(20)12-8-9-14(22-2)16(10-12)23-3;1-12-7-4-3-6(9(10)11)5-8(7)13-2;1-9-7-5-3-2-4-6(7)8;1-2/h4-10,17,19H,11H2,1-3H3;3-5H,1-2H3,(H,10,11);2-5,8H,1H3;1-2H3. The van der Waals surface area contributed by atoms with E-state index in [1.807, 2.05) is 13.8 Å². The normalized spacial score (nSPS) is 10.1. The molecule has 0 saturated heterocycles. The number of ketones is 1. The molecule has 3 N–H and O–H groups in total. The first-order valence-corrected chi connectivity index (χ1v) is 14.6. The van der Waals surface area contributed by atoms with E-state index in [1.165, 1.54) is 54.8 Å². The smallest absolute Gasteiger partial charge is 0.335 e. The summed E-state index contributed by atoms with van der Waals surface area (Å²) in [5, 5.41) is 27.2. The number of carbonyl (C=O) groups is 2. The summed E-state index contributed by atoms with van der Waals surface area (Å²) in [6, 6.07) is 23.0. The lowest BCUT2D eigenvalue weighted by Gasteiger charge is -2.18. The topological polar surface area (TPSA) is 159 Å².